The molecule has 1 saturated heterocycles. The summed E-state index contributed by atoms with van der Waals surface area (Å²) in [5.41, 5.74) is 0. The first-order valence-corrected chi connectivity index (χ1v) is 5.98. The molecular weight excluding hydrogens is 213 g/mol. The molecule has 4 nitrogen and oxygen atoms in total. The minimum Gasteiger partial charge on any atom is -0.369 e. The third-order valence-electron chi connectivity index (χ3n) is 2.07. The highest BCUT2D eigenvalue weighted by atomic mass is 32.1. The number of hydrogen-bond donors (Lipinski definition) is 2. The van der Waals surface area contributed by atoms with Crippen molar-refractivity contribution >= 4 is 19.9 Å². The maximum Gasteiger partial charge on any atom is 0.199 e. The number of hydrogen-bond acceptors (Lipinski definition) is 5. The first-order chi connectivity index (χ1) is 7.38. The van der Waals surface area contributed by atoms with Crippen LogP contribution in [0.25, 0.3) is 0 Å². The van der Waals surface area contributed by atoms with Crippen molar-refractivity contribution in [1.29, 1.82) is 0 Å². The Morgan fingerprint density at radius 3 is 3.07 bits per heavy atom. The number of epoxide rings is 1. The molecule has 0 aromatic rings. The molecule has 0 aromatic carbocycles. The monoisotopic (exact) mass is 232 g/mol. The number of nitrogens with one attached hydrogen (secondary N) is 1. The van der Waals surface area contributed by atoms with Crippen LogP contribution < -0.4 is 5.32 Å². The van der Waals surface area contributed by atoms with Gasteiger partial charge in [0.25, 0.3) is 0 Å². The maximum absolute atomic E-state index is 5.37. The van der Waals surface area contributed by atoms with Gasteiger partial charge in [-0.25, -0.2) is 0 Å². The molecule has 2 atom stereocenters. The van der Waals surface area contributed by atoms with Crippen molar-refractivity contribution in [2.45, 2.75) is 32.1 Å². The lowest BCUT2D eigenvalue weighted by atomic mass is 9.77. The van der Waals surface area contributed by atoms with Crippen LogP contribution in [0.5, 0.6) is 0 Å². The summed E-state index contributed by atoms with van der Waals surface area (Å²) in [5.74, 6) is 0.435. The van der Waals surface area contributed by atoms with E-state index in [1.54, 1.807) is 0 Å². The molecule has 1 aliphatic heterocycles. The molecule has 1 aliphatic rings. The van der Waals surface area contributed by atoms with Crippen LogP contribution in [0, 0.1) is 0 Å². The molecule has 0 saturated carbocycles. The zero-order valence-electron chi connectivity index (χ0n) is 9.15. The summed E-state index contributed by atoms with van der Waals surface area (Å²) in [4.78, 5) is 0. The maximum atomic E-state index is 5.37. The minimum absolute atomic E-state index is 0.0813. The average Bonchev–Trinajstić information content (AvgIpc) is 2.99. The fraction of sp³-hybridized carbons (Fsp3) is 1.00. The summed E-state index contributed by atoms with van der Waals surface area (Å²) in [5, 5.41) is 3.26. The molecule has 1 radical (unpaired) electrons. The van der Waals surface area contributed by atoms with Crippen LogP contribution in [0.1, 0.15) is 6.42 Å². The predicted octanol–water partition coefficient (Wildman–Crippen LogP) is 0.740. The molecule has 1 heterocycles. The Kier molecular flexibility index (Phi) is 7.47. The van der Waals surface area contributed by atoms with Crippen molar-refractivity contribution in [2.75, 3.05) is 25.7 Å². The fourth-order valence-corrected chi connectivity index (χ4v) is 1.34. The third kappa shape index (κ3) is 6.42. The van der Waals surface area contributed by atoms with Gasteiger partial charge in [0, 0.05) is 0 Å². The molecule has 1 fully saturated rings. The molecule has 0 aliphatic carbocycles. The van der Waals surface area contributed by atoms with Crippen molar-refractivity contribution < 1.29 is 14.2 Å². The summed E-state index contributed by atoms with van der Waals surface area (Å²) in [6, 6.07) is 0. The van der Waals surface area contributed by atoms with Crippen LogP contribution in [0.15, 0.2) is 0 Å². The number of rotatable bonds is 10. The van der Waals surface area contributed by atoms with Crippen LogP contribution in [-0.2, 0) is 14.2 Å². The van der Waals surface area contributed by atoms with E-state index in [1.165, 1.54) is 0 Å². The molecule has 87 valence electrons. The van der Waals surface area contributed by atoms with E-state index in [9.17, 15) is 0 Å². The molecule has 0 amide bonds. The summed E-state index contributed by atoms with van der Waals surface area (Å²) in [6.45, 7) is 4.18. The second-order valence-corrected chi connectivity index (χ2v) is 3.60. The Balaban J connectivity index is 1.81. The van der Waals surface area contributed by atoms with Crippen molar-refractivity contribution in [3.05, 3.63) is 0 Å². The van der Waals surface area contributed by atoms with E-state index in [1.807, 2.05) is 0 Å². The summed E-state index contributed by atoms with van der Waals surface area (Å²) in [7, 11) is 2.16. The predicted molar refractivity (Wildman–Crippen MR) is 63.5 cm³/mol. The van der Waals surface area contributed by atoms with Gasteiger partial charge < -0.3 is 14.2 Å². The van der Waals surface area contributed by atoms with Crippen molar-refractivity contribution in [3.63, 3.8) is 0 Å². The lowest BCUT2D eigenvalue weighted by Gasteiger charge is -2.01. The van der Waals surface area contributed by atoms with Gasteiger partial charge >= 0.3 is 0 Å². The van der Waals surface area contributed by atoms with Gasteiger partial charge in [-0.1, -0.05) is 13.1 Å². The largest absolute Gasteiger partial charge is 0.369 e. The second-order valence-electron chi connectivity index (χ2n) is 3.34. The SMILES string of the molecule is C[B]CCCN[C@H]1OC1OCCOCS. The Morgan fingerprint density at radius 2 is 2.33 bits per heavy atom. The average molecular weight is 232 g/mol. The number of thiol groups is 1. The van der Waals surface area contributed by atoms with E-state index >= 15 is 0 Å². The molecule has 6 heteroatoms. The normalized spacial score (nSPS) is 24.1. The standard InChI is InChI=1S/C9H19BNO3S/c1-10-3-2-4-11-8-9(14-8)13-6-5-12-7-15/h8-9,11,15H,2-7H2,1H3/t8-,9?/m0/s1. The lowest BCUT2D eigenvalue weighted by Crippen LogP contribution is -2.22. The highest BCUT2D eigenvalue weighted by Gasteiger charge is 2.39. The van der Waals surface area contributed by atoms with Crippen molar-refractivity contribution in [3.8, 4) is 0 Å². The Hall–Kier alpha value is 0.255. The van der Waals surface area contributed by atoms with Gasteiger partial charge in [-0.3, -0.25) is 5.32 Å². The first kappa shape index (κ1) is 13.3. The second kappa shape index (κ2) is 8.41. The molecule has 0 aromatic heterocycles. The molecule has 0 bridgehead atoms. The summed E-state index contributed by atoms with van der Waals surface area (Å²) < 4.78 is 15.7. The van der Waals surface area contributed by atoms with E-state index in [4.69, 9.17) is 14.2 Å². The van der Waals surface area contributed by atoms with Gasteiger partial charge in [0.2, 0.25) is 0 Å². The van der Waals surface area contributed by atoms with Crippen molar-refractivity contribution in [2.24, 2.45) is 0 Å². The van der Waals surface area contributed by atoms with Crippen LogP contribution in [0.4, 0.5) is 0 Å². The minimum atomic E-state index is -0.0841. The van der Waals surface area contributed by atoms with Gasteiger partial charge in [-0.15, -0.1) is 0 Å². The van der Waals surface area contributed by atoms with Gasteiger partial charge in [0.15, 0.2) is 12.5 Å². The summed E-state index contributed by atoms with van der Waals surface area (Å²) >= 11 is 3.92. The quantitative estimate of drug-likeness (QED) is 0.192. The van der Waals surface area contributed by atoms with Crippen molar-refractivity contribution in [1.82, 2.24) is 5.32 Å². The highest BCUT2D eigenvalue weighted by molar-refractivity contribution is 7.80. The zero-order valence-corrected chi connectivity index (χ0v) is 10.0. The van der Waals surface area contributed by atoms with E-state index in [0.717, 1.165) is 19.3 Å². The Morgan fingerprint density at radius 1 is 1.47 bits per heavy atom. The molecule has 0 spiro atoms. The van der Waals surface area contributed by atoms with Crippen LogP contribution in [0.3, 0.4) is 0 Å². The van der Waals surface area contributed by atoms with Crippen LogP contribution in [0.2, 0.25) is 13.1 Å². The fourth-order valence-electron chi connectivity index (χ4n) is 1.21. The number of ether oxygens (including phenoxy) is 3. The van der Waals surface area contributed by atoms with Gasteiger partial charge in [-0.2, -0.15) is 12.6 Å². The molecule has 1 rings (SSSR count). The molecule has 15 heavy (non-hydrogen) atoms. The molecular formula is C9H19BNO3S. The van der Waals surface area contributed by atoms with Gasteiger partial charge in [0.1, 0.15) is 7.28 Å². The van der Waals surface area contributed by atoms with Crippen LogP contribution in [-0.4, -0.2) is 45.5 Å². The smallest absolute Gasteiger partial charge is 0.199 e. The topological polar surface area (TPSA) is 43.0 Å². The Bertz CT molecular complexity index is 148. The summed E-state index contributed by atoms with van der Waals surface area (Å²) in [6.07, 6.45) is 2.28. The third-order valence-corrected chi connectivity index (χ3v) is 2.25. The van der Waals surface area contributed by atoms with E-state index < -0.39 is 0 Å². The lowest BCUT2D eigenvalue weighted by molar-refractivity contribution is 0.0143. The van der Waals surface area contributed by atoms with Gasteiger partial charge in [-0.05, 0) is 13.0 Å². The Labute approximate surface area is 97.7 Å². The van der Waals surface area contributed by atoms with E-state index in [0.29, 0.717) is 19.2 Å². The molecule has 1 unspecified atom stereocenters. The highest BCUT2D eigenvalue weighted by Crippen LogP contribution is 2.20. The van der Waals surface area contributed by atoms with E-state index in [-0.39, 0.29) is 12.5 Å². The molecule has 1 N–H and O–H groups in total. The zero-order chi connectivity index (χ0) is 10.9. The first-order valence-electron chi connectivity index (χ1n) is 5.35. The van der Waals surface area contributed by atoms with Gasteiger partial charge in [0.05, 0.1) is 19.2 Å². The van der Waals surface area contributed by atoms with Crippen LogP contribution >= 0.6 is 12.6 Å². The van der Waals surface area contributed by atoms with E-state index in [2.05, 4.69) is 32.0 Å².